The van der Waals surface area contributed by atoms with Crippen LogP contribution in [0.15, 0.2) is 48.5 Å². The van der Waals surface area contributed by atoms with E-state index in [9.17, 15) is 14.4 Å². The number of hydrogen-bond donors (Lipinski definition) is 2. The van der Waals surface area contributed by atoms with Crippen LogP contribution in [0.25, 0.3) is 0 Å². The predicted molar refractivity (Wildman–Crippen MR) is 98.8 cm³/mol. The Labute approximate surface area is 156 Å². The Morgan fingerprint density at radius 1 is 1.15 bits per heavy atom. The molecule has 0 aromatic heterocycles. The van der Waals surface area contributed by atoms with Gasteiger partial charge in [-0.3, -0.25) is 19.8 Å². The van der Waals surface area contributed by atoms with Crippen LogP contribution < -0.4 is 20.3 Å². The summed E-state index contributed by atoms with van der Waals surface area (Å²) in [4.78, 5) is 36.7. The van der Waals surface area contributed by atoms with Gasteiger partial charge in [0.1, 0.15) is 12.3 Å². The van der Waals surface area contributed by atoms with Crippen molar-refractivity contribution < 1.29 is 19.1 Å². The summed E-state index contributed by atoms with van der Waals surface area (Å²) in [7, 11) is 0. The van der Waals surface area contributed by atoms with Gasteiger partial charge >= 0.3 is 6.03 Å². The molecule has 0 aliphatic carbocycles. The molecule has 1 fully saturated rings. The van der Waals surface area contributed by atoms with Crippen LogP contribution in [0.1, 0.15) is 15.9 Å². The SMILES string of the molecule is O=C1CN(c2ccc(C(=O)NC[C@H]3COc4ccccc4C3)cc2)C(=O)N1. The molecule has 138 valence electrons. The molecule has 0 radical (unpaired) electrons. The smallest absolute Gasteiger partial charge is 0.329 e. The lowest BCUT2D eigenvalue weighted by Gasteiger charge is -2.25. The molecule has 2 aromatic rings. The standard InChI is InChI=1S/C20H19N3O4/c24-18-11-23(20(26)22-18)16-7-5-14(6-8-16)19(25)21-10-13-9-15-3-1-2-4-17(15)27-12-13/h1-8,13H,9-12H2,(H,21,25)(H,22,24,26)/t13-/m0/s1. The lowest BCUT2D eigenvalue weighted by Crippen LogP contribution is -2.34. The fourth-order valence-electron chi connectivity index (χ4n) is 3.30. The first-order valence-corrected chi connectivity index (χ1v) is 8.80. The van der Waals surface area contributed by atoms with Gasteiger partial charge in [0.25, 0.3) is 5.91 Å². The summed E-state index contributed by atoms with van der Waals surface area (Å²) in [6, 6.07) is 14.1. The average Bonchev–Trinajstić information content (AvgIpc) is 3.04. The Kier molecular flexibility index (Phi) is 4.50. The summed E-state index contributed by atoms with van der Waals surface area (Å²) >= 11 is 0. The van der Waals surface area contributed by atoms with Crippen molar-refractivity contribution in [1.29, 1.82) is 0 Å². The summed E-state index contributed by atoms with van der Waals surface area (Å²) in [5.74, 6) is 0.628. The number of imide groups is 1. The number of fused-ring (bicyclic) bond motifs is 1. The molecular formula is C20H19N3O4. The molecule has 2 N–H and O–H groups in total. The van der Waals surface area contributed by atoms with Gasteiger partial charge in [-0.25, -0.2) is 4.79 Å². The minimum atomic E-state index is -0.449. The van der Waals surface area contributed by atoms with Gasteiger partial charge in [-0.15, -0.1) is 0 Å². The monoisotopic (exact) mass is 365 g/mol. The van der Waals surface area contributed by atoms with E-state index in [1.54, 1.807) is 24.3 Å². The zero-order valence-electron chi connectivity index (χ0n) is 14.6. The summed E-state index contributed by atoms with van der Waals surface area (Å²) in [5.41, 5.74) is 2.24. The van der Waals surface area contributed by atoms with Crippen LogP contribution in [-0.4, -0.2) is 37.5 Å². The maximum absolute atomic E-state index is 12.4. The van der Waals surface area contributed by atoms with Crippen LogP contribution in [0.4, 0.5) is 10.5 Å². The van der Waals surface area contributed by atoms with E-state index in [4.69, 9.17) is 4.74 Å². The third-order valence-corrected chi connectivity index (χ3v) is 4.74. The topological polar surface area (TPSA) is 87.7 Å². The van der Waals surface area contributed by atoms with E-state index in [1.807, 2.05) is 24.3 Å². The van der Waals surface area contributed by atoms with E-state index in [-0.39, 0.29) is 24.3 Å². The van der Waals surface area contributed by atoms with Gasteiger partial charge in [0.15, 0.2) is 0 Å². The molecule has 2 aromatic carbocycles. The third-order valence-electron chi connectivity index (χ3n) is 4.74. The van der Waals surface area contributed by atoms with E-state index in [2.05, 4.69) is 10.6 Å². The minimum Gasteiger partial charge on any atom is -0.493 e. The number of nitrogens with one attached hydrogen (secondary N) is 2. The highest BCUT2D eigenvalue weighted by atomic mass is 16.5. The van der Waals surface area contributed by atoms with E-state index >= 15 is 0 Å². The van der Waals surface area contributed by atoms with Crippen molar-refractivity contribution in [2.24, 2.45) is 5.92 Å². The first-order chi connectivity index (χ1) is 13.1. The number of nitrogens with zero attached hydrogens (tertiary/aromatic N) is 1. The number of carbonyl (C=O) groups is 3. The molecular weight excluding hydrogens is 346 g/mol. The van der Waals surface area contributed by atoms with Crippen molar-refractivity contribution >= 4 is 23.5 Å². The number of benzene rings is 2. The summed E-state index contributed by atoms with van der Waals surface area (Å²) in [5, 5.41) is 5.16. The Hall–Kier alpha value is -3.35. The van der Waals surface area contributed by atoms with Crippen LogP contribution in [0.5, 0.6) is 5.75 Å². The van der Waals surface area contributed by atoms with E-state index < -0.39 is 6.03 Å². The predicted octanol–water partition coefficient (Wildman–Crippen LogP) is 1.72. The van der Waals surface area contributed by atoms with Crippen LogP contribution in [0, 0.1) is 5.92 Å². The fraction of sp³-hybridized carbons (Fsp3) is 0.250. The number of hydrogen-bond acceptors (Lipinski definition) is 4. The largest absolute Gasteiger partial charge is 0.493 e. The van der Waals surface area contributed by atoms with Crippen molar-refractivity contribution in [3.8, 4) is 5.75 Å². The number of rotatable bonds is 4. The molecule has 7 heteroatoms. The molecule has 1 saturated heterocycles. The first-order valence-electron chi connectivity index (χ1n) is 8.80. The van der Waals surface area contributed by atoms with Crippen molar-refractivity contribution in [3.63, 3.8) is 0 Å². The molecule has 0 saturated carbocycles. The highest BCUT2D eigenvalue weighted by Gasteiger charge is 2.28. The van der Waals surface area contributed by atoms with E-state index in [0.29, 0.717) is 24.4 Å². The number of urea groups is 1. The maximum Gasteiger partial charge on any atom is 0.329 e. The third kappa shape index (κ3) is 3.62. The zero-order chi connectivity index (χ0) is 18.8. The second-order valence-corrected chi connectivity index (χ2v) is 6.69. The molecule has 0 bridgehead atoms. The van der Waals surface area contributed by atoms with Gasteiger partial charge in [-0.05, 0) is 42.3 Å². The molecule has 0 spiro atoms. The van der Waals surface area contributed by atoms with Crippen molar-refractivity contribution in [2.45, 2.75) is 6.42 Å². The average molecular weight is 365 g/mol. The Bertz CT molecular complexity index is 894. The van der Waals surface area contributed by atoms with Gasteiger partial charge < -0.3 is 10.1 Å². The van der Waals surface area contributed by atoms with E-state index in [0.717, 1.165) is 17.7 Å². The maximum atomic E-state index is 12.4. The van der Waals surface area contributed by atoms with Crippen LogP contribution in [0.2, 0.25) is 0 Å². The highest BCUT2D eigenvalue weighted by Crippen LogP contribution is 2.26. The highest BCUT2D eigenvalue weighted by molar-refractivity contribution is 6.12. The number of carbonyl (C=O) groups excluding carboxylic acids is 3. The van der Waals surface area contributed by atoms with E-state index in [1.165, 1.54) is 4.90 Å². The van der Waals surface area contributed by atoms with Gasteiger partial charge in [0.2, 0.25) is 5.91 Å². The molecule has 2 aliphatic heterocycles. The Balaban J connectivity index is 1.34. The quantitative estimate of drug-likeness (QED) is 0.808. The molecule has 7 nitrogen and oxygen atoms in total. The lowest BCUT2D eigenvalue weighted by molar-refractivity contribution is -0.117. The fourth-order valence-corrected chi connectivity index (χ4v) is 3.30. The molecule has 4 amide bonds. The first kappa shape index (κ1) is 17.1. The zero-order valence-corrected chi connectivity index (χ0v) is 14.6. The Morgan fingerprint density at radius 3 is 2.67 bits per heavy atom. The summed E-state index contributed by atoms with van der Waals surface area (Å²) in [6.45, 7) is 1.10. The van der Waals surface area contributed by atoms with Crippen molar-refractivity contribution in [2.75, 3.05) is 24.6 Å². The molecule has 2 heterocycles. The molecule has 0 unspecified atom stereocenters. The molecule has 27 heavy (non-hydrogen) atoms. The van der Waals surface area contributed by atoms with Gasteiger partial charge in [0.05, 0.1) is 6.61 Å². The molecule has 2 aliphatic rings. The lowest BCUT2D eigenvalue weighted by atomic mass is 9.96. The van der Waals surface area contributed by atoms with Crippen LogP contribution in [0.3, 0.4) is 0 Å². The van der Waals surface area contributed by atoms with Crippen molar-refractivity contribution in [3.05, 3.63) is 59.7 Å². The normalized spacial score (nSPS) is 18.5. The second-order valence-electron chi connectivity index (χ2n) is 6.69. The summed E-state index contributed by atoms with van der Waals surface area (Å²) in [6.07, 6.45) is 0.869. The van der Waals surface area contributed by atoms with Crippen LogP contribution in [-0.2, 0) is 11.2 Å². The van der Waals surface area contributed by atoms with Gasteiger partial charge in [-0.2, -0.15) is 0 Å². The Morgan fingerprint density at radius 2 is 1.93 bits per heavy atom. The van der Waals surface area contributed by atoms with Gasteiger partial charge in [-0.1, -0.05) is 18.2 Å². The number of amides is 4. The number of anilines is 1. The number of para-hydroxylation sites is 1. The molecule has 4 rings (SSSR count). The summed E-state index contributed by atoms with van der Waals surface area (Å²) < 4.78 is 5.74. The second kappa shape index (κ2) is 7.11. The number of ether oxygens (including phenoxy) is 1. The minimum absolute atomic E-state index is 0.00642. The van der Waals surface area contributed by atoms with Gasteiger partial charge in [0, 0.05) is 23.7 Å². The van der Waals surface area contributed by atoms with Crippen molar-refractivity contribution in [1.82, 2.24) is 10.6 Å². The van der Waals surface area contributed by atoms with Crippen LogP contribution >= 0.6 is 0 Å². The molecule has 1 atom stereocenters.